The van der Waals surface area contributed by atoms with Crippen LogP contribution in [-0.4, -0.2) is 37.2 Å². The maximum Gasteiger partial charge on any atom is 0.306 e. The minimum absolute atomic E-state index is 0.0631. The summed E-state index contributed by atoms with van der Waals surface area (Å²) in [5.74, 6) is -0.00620. The van der Waals surface area contributed by atoms with Gasteiger partial charge in [0.1, 0.15) is 13.2 Å². The zero-order valence-electron chi connectivity index (χ0n) is 38.1. The molecule has 0 bridgehead atoms. The van der Waals surface area contributed by atoms with E-state index in [4.69, 9.17) is 14.2 Å². The molecule has 0 saturated carbocycles. The minimum Gasteiger partial charge on any atom is -0.462 e. The fraction of sp³-hybridized carbons (Fsp3) is 0.940. The Morgan fingerprint density at radius 3 is 0.875 bits per heavy atom. The lowest BCUT2D eigenvalue weighted by molar-refractivity contribution is -0.167. The maximum atomic E-state index is 12.8. The molecule has 0 rings (SSSR count). The molecule has 0 aliphatic carbocycles. The van der Waals surface area contributed by atoms with Crippen LogP contribution in [0.15, 0.2) is 0 Å². The van der Waals surface area contributed by atoms with Gasteiger partial charge in [-0.15, -0.1) is 0 Å². The Morgan fingerprint density at radius 2 is 0.589 bits per heavy atom. The van der Waals surface area contributed by atoms with Crippen LogP contribution in [0.2, 0.25) is 0 Å². The highest BCUT2D eigenvalue weighted by molar-refractivity contribution is 5.71. The van der Waals surface area contributed by atoms with Gasteiger partial charge in [0.2, 0.25) is 0 Å². The second-order valence-corrected chi connectivity index (χ2v) is 17.6. The highest BCUT2D eigenvalue weighted by Gasteiger charge is 2.19. The number of carbonyl (C=O) groups is 3. The van der Waals surface area contributed by atoms with Crippen molar-refractivity contribution in [2.45, 2.75) is 284 Å². The molecule has 0 aliphatic rings. The van der Waals surface area contributed by atoms with E-state index in [1.54, 1.807) is 0 Å². The molecule has 6 heteroatoms. The molecule has 0 radical (unpaired) electrons. The molecule has 0 fully saturated rings. The van der Waals surface area contributed by atoms with E-state index in [0.29, 0.717) is 19.3 Å². The molecule has 0 heterocycles. The topological polar surface area (TPSA) is 78.9 Å². The molecule has 0 aromatic carbocycles. The summed E-state index contributed by atoms with van der Waals surface area (Å²) in [6.45, 7) is 9.01. The van der Waals surface area contributed by atoms with Crippen molar-refractivity contribution in [2.75, 3.05) is 13.2 Å². The first-order chi connectivity index (χ1) is 27.4. The lowest BCUT2D eigenvalue weighted by atomic mass is 10.0. The molecule has 0 N–H and O–H groups in total. The van der Waals surface area contributed by atoms with Crippen molar-refractivity contribution >= 4 is 17.9 Å². The van der Waals surface area contributed by atoms with E-state index in [1.807, 2.05) is 0 Å². The third-order valence-electron chi connectivity index (χ3n) is 11.3. The number of carbonyl (C=O) groups excluding carboxylic acids is 3. The van der Waals surface area contributed by atoms with E-state index in [1.165, 1.54) is 173 Å². The van der Waals surface area contributed by atoms with Gasteiger partial charge in [-0.2, -0.15) is 0 Å². The van der Waals surface area contributed by atoms with Crippen molar-refractivity contribution in [3.63, 3.8) is 0 Å². The Labute approximate surface area is 348 Å². The van der Waals surface area contributed by atoms with Gasteiger partial charge in [-0.3, -0.25) is 14.4 Å². The molecule has 0 saturated heterocycles. The van der Waals surface area contributed by atoms with Gasteiger partial charge in [-0.1, -0.05) is 240 Å². The molecule has 0 aromatic rings. The van der Waals surface area contributed by atoms with Crippen molar-refractivity contribution in [1.82, 2.24) is 0 Å². The summed E-state index contributed by atoms with van der Waals surface area (Å²) >= 11 is 0. The van der Waals surface area contributed by atoms with E-state index < -0.39 is 6.10 Å². The average molecular weight is 793 g/mol. The predicted molar refractivity (Wildman–Crippen MR) is 238 cm³/mol. The first kappa shape index (κ1) is 54.4. The van der Waals surface area contributed by atoms with E-state index in [9.17, 15) is 14.4 Å². The van der Waals surface area contributed by atoms with Crippen LogP contribution in [0.4, 0.5) is 0 Å². The second kappa shape index (κ2) is 44.5. The molecular formula is C50H96O6. The first-order valence-corrected chi connectivity index (χ1v) is 24.9. The van der Waals surface area contributed by atoms with Gasteiger partial charge < -0.3 is 14.2 Å². The molecule has 1 atom stereocenters. The van der Waals surface area contributed by atoms with Crippen LogP contribution >= 0.6 is 0 Å². The second-order valence-electron chi connectivity index (χ2n) is 17.6. The quantitative estimate of drug-likeness (QED) is 0.0347. The molecule has 6 nitrogen and oxygen atoms in total. The van der Waals surface area contributed by atoms with E-state index >= 15 is 0 Å². The highest BCUT2D eigenvalue weighted by atomic mass is 16.6. The molecule has 0 spiro atoms. The highest BCUT2D eigenvalue weighted by Crippen LogP contribution is 2.17. The number of unbranched alkanes of at least 4 members (excludes halogenated alkanes) is 32. The Kier molecular flexibility index (Phi) is 43.2. The van der Waals surface area contributed by atoms with Crippen LogP contribution in [0, 0.1) is 5.92 Å². The van der Waals surface area contributed by atoms with Crippen molar-refractivity contribution < 1.29 is 28.6 Å². The van der Waals surface area contributed by atoms with E-state index in [2.05, 4.69) is 27.7 Å². The smallest absolute Gasteiger partial charge is 0.306 e. The Hall–Kier alpha value is -1.59. The van der Waals surface area contributed by atoms with Gasteiger partial charge in [0.05, 0.1) is 0 Å². The SMILES string of the molecule is CCCCCCCCCCCCCCC(=O)OC[C@H](COC(=O)CCCCCCCCCCC)OC(=O)CCCCCCCCCCCCCCCCC(C)C. The molecule has 0 aliphatic heterocycles. The number of hydrogen-bond acceptors (Lipinski definition) is 6. The first-order valence-electron chi connectivity index (χ1n) is 24.9. The van der Waals surface area contributed by atoms with Crippen molar-refractivity contribution in [3.8, 4) is 0 Å². The molecule has 332 valence electrons. The molecule has 0 amide bonds. The Balaban J connectivity index is 4.26. The summed E-state index contributed by atoms with van der Waals surface area (Å²) in [7, 11) is 0. The van der Waals surface area contributed by atoms with Crippen LogP contribution in [0.3, 0.4) is 0 Å². The zero-order valence-corrected chi connectivity index (χ0v) is 38.1. The van der Waals surface area contributed by atoms with Gasteiger partial charge in [0.25, 0.3) is 0 Å². The lowest BCUT2D eigenvalue weighted by Gasteiger charge is -2.18. The van der Waals surface area contributed by atoms with Crippen LogP contribution in [0.5, 0.6) is 0 Å². The summed E-state index contributed by atoms with van der Waals surface area (Å²) < 4.78 is 16.7. The summed E-state index contributed by atoms with van der Waals surface area (Å²) in [5.41, 5.74) is 0. The van der Waals surface area contributed by atoms with E-state index in [-0.39, 0.29) is 31.1 Å². The van der Waals surface area contributed by atoms with Gasteiger partial charge >= 0.3 is 17.9 Å². The summed E-state index contributed by atoms with van der Waals surface area (Å²) in [4.78, 5) is 37.8. The van der Waals surface area contributed by atoms with Crippen LogP contribution in [0.25, 0.3) is 0 Å². The fourth-order valence-electron chi connectivity index (χ4n) is 7.51. The van der Waals surface area contributed by atoms with Crippen LogP contribution in [0.1, 0.15) is 278 Å². The third-order valence-corrected chi connectivity index (χ3v) is 11.3. The van der Waals surface area contributed by atoms with E-state index in [0.717, 1.165) is 63.7 Å². The number of hydrogen-bond donors (Lipinski definition) is 0. The monoisotopic (exact) mass is 793 g/mol. The van der Waals surface area contributed by atoms with Gasteiger partial charge in [-0.25, -0.2) is 0 Å². The average Bonchev–Trinajstić information content (AvgIpc) is 3.18. The predicted octanol–water partition coefficient (Wildman–Crippen LogP) is 15.9. The standard InChI is InChI=1S/C50H96O6/c1-5-7-9-11-13-15-16-22-26-30-34-38-42-49(52)55-45-47(44-54-48(51)41-37-33-29-24-14-12-10-8-6-2)56-50(53)43-39-35-31-27-23-20-18-17-19-21-25-28-32-36-40-46(3)4/h46-47H,5-45H2,1-4H3/t47-/m0/s1. The number of ether oxygens (including phenoxy) is 3. The van der Waals surface area contributed by atoms with Crippen LogP contribution < -0.4 is 0 Å². The minimum atomic E-state index is -0.759. The maximum absolute atomic E-state index is 12.8. The van der Waals surface area contributed by atoms with Gasteiger partial charge in [0, 0.05) is 19.3 Å². The Bertz CT molecular complexity index is 841. The van der Waals surface area contributed by atoms with Crippen molar-refractivity contribution in [2.24, 2.45) is 5.92 Å². The molecule has 56 heavy (non-hydrogen) atoms. The van der Waals surface area contributed by atoms with Gasteiger partial charge in [-0.05, 0) is 25.2 Å². The molecule has 0 aromatic heterocycles. The lowest BCUT2D eigenvalue weighted by Crippen LogP contribution is -2.30. The number of rotatable bonds is 45. The summed E-state index contributed by atoms with van der Waals surface area (Å²) in [6, 6.07) is 0. The normalized spacial score (nSPS) is 11.9. The van der Waals surface area contributed by atoms with Gasteiger partial charge in [0.15, 0.2) is 6.10 Å². The van der Waals surface area contributed by atoms with Crippen molar-refractivity contribution in [1.29, 1.82) is 0 Å². The number of esters is 3. The largest absolute Gasteiger partial charge is 0.462 e. The Morgan fingerprint density at radius 1 is 0.339 bits per heavy atom. The fourth-order valence-corrected chi connectivity index (χ4v) is 7.51. The van der Waals surface area contributed by atoms with Crippen LogP contribution in [-0.2, 0) is 28.6 Å². The molecule has 0 unspecified atom stereocenters. The summed E-state index contributed by atoms with van der Waals surface area (Å²) in [5, 5.41) is 0. The molecular weight excluding hydrogens is 697 g/mol. The zero-order chi connectivity index (χ0) is 41.0. The third kappa shape index (κ3) is 43.5. The van der Waals surface area contributed by atoms with Crippen molar-refractivity contribution in [3.05, 3.63) is 0 Å². The summed E-state index contributed by atoms with van der Waals surface area (Å²) in [6.07, 6.45) is 45.1.